The molecule has 0 bridgehead atoms. The summed E-state index contributed by atoms with van der Waals surface area (Å²) < 4.78 is 5.19. The van der Waals surface area contributed by atoms with E-state index in [-0.39, 0.29) is 12.5 Å². The number of carbonyl (C=O) groups is 1. The van der Waals surface area contributed by atoms with Crippen LogP contribution < -0.4 is 5.32 Å². The van der Waals surface area contributed by atoms with Crippen molar-refractivity contribution in [3.8, 4) is 0 Å². The Bertz CT molecular complexity index is 519. The Hall–Kier alpha value is -1.07. The van der Waals surface area contributed by atoms with E-state index < -0.39 is 5.60 Å². The van der Waals surface area contributed by atoms with Gasteiger partial charge in [-0.25, -0.2) is 0 Å². The molecule has 0 aliphatic carbocycles. The van der Waals surface area contributed by atoms with Crippen molar-refractivity contribution >= 4 is 35.2 Å². The molecule has 1 heterocycles. The average molecular weight is 330 g/mol. The van der Waals surface area contributed by atoms with Crippen LogP contribution in [0, 0.1) is 0 Å². The predicted octanol–water partition coefficient (Wildman–Crippen LogP) is 2.66. The first-order valence-corrected chi connectivity index (χ1v) is 7.46. The van der Waals surface area contributed by atoms with Gasteiger partial charge in [0.25, 0.3) is 0 Å². The number of hydrogen-bond acceptors (Lipinski definition) is 3. The summed E-state index contributed by atoms with van der Waals surface area (Å²) in [6.07, 6.45) is 3.96. The Labute approximate surface area is 133 Å². The largest absolute Gasteiger partial charge is 0.388 e. The van der Waals surface area contributed by atoms with Crippen molar-refractivity contribution in [2.24, 2.45) is 0 Å². The number of ether oxygens (including phenoxy) is 1. The fraction of sp³-hybridized carbons (Fsp3) is 0.400. The highest BCUT2D eigenvalue weighted by atomic mass is 35.5. The van der Waals surface area contributed by atoms with E-state index in [1.165, 1.54) is 6.08 Å². The first kappa shape index (κ1) is 16.3. The smallest absolute Gasteiger partial charge is 0.244 e. The van der Waals surface area contributed by atoms with Gasteiger partial charge in [0.2, 0.25) is 5.91 Å². The maximum Gasteiger partial charge on any atom is 0.244 e. The lowest BCUT2D eigenvalue weighted by Gasteiger charge is -2.31. The zero-order valence-corrected chi connectivity index (χ0v) is 13.0. The SMILES string of the molecule is O=C(/C=C/c1c(Cl)cccc1Cl)NCC1(O)CCOCC1. The van der Waals surface area contributed by atoms with E-state index in [4.69, 9.17) is 27.9 Å². The minimum absolute atomic E-state index is 0.204. The van der Waals surface area contributed by atoms with E-state index in [1.54, 1.807) is 24.3 Å². The van der Waals surface area contributed by atoms with Crippen LogP contribution in [0.1, 0.15) is 18.4 Å². The summed E-state index contributed by atoms with van der Waals surface area (Å²) in [6, 6.07) is 5.15. The molecule has 1 aromatic carbocycles. The second-order valence-corrected chi connectivity index (χ2v) is 5.84. The van der Waals surface area contributed by atoms with E-state index in [2.05, 4.69) is 5.32 Å². The van der Waals surface area contributed by atoms with Gasteiger partial charge in [-0.1, -0.05) is 29.3 Å². The molecule has 6 heteroatoms. The Balaban J connectivity index is 1.91. The van der Waals surface area contributed by atoms with Gasteiger partial charge >= 0.3 is 0 Å². The minimum atomic E-state index is -0.885. The summed E-state index contributed by atoms with van der Waals surface area (Å²) in [6.45, 7) is 1.23. The molecule has 0 atom stereocenters. The third-order valence-corrected chi connectivity index (χ3v) is 4.08. The van der Waals surface area contributed by atoms with Crippen LogP contribution in [-0.2, 0) is 9.53 Å². The van der Waals surface area contributed by atoms with Crippen molar-refractivity contribution in [3.63, 3.8) is 0 Å². The lowest BCUT2D eigenvalue weighted by Crippen LogP contribution is -2.46. The summed E-state index contributed by atoms with van der Waals surface area (Å²) in [7, 11) is 0. The predicted molar refractivity (Wildman–Crippen MR) is 83.5 cm³/mol. The second-order valence-electron chi connectivity index (χ2n) is 5.02. The van der Waals surface area contributed by atoms with E-state index >= 15 is 0 Å². The normalized spacial score (nSPS) is 17.9. The molecule has 114 valence electrons. The lowest BCUT2D eigenvalue weighted by molar-refractivity contribution is -0.119. The molecule has 2 rings (SSSR count). The van der Waals surface area contributed by atoms with Crippen molar-refractivity contribution in [2.75, 3.05) is 19.8 Å². The number of nitrogens with one attached hydrogen (secondary N) is 1. The van der Waals surface area contributed by atoms with Gasteiger partial charge in [-0.15, -0.1) is 0 Å². The number of halogens is 2. The van der Waals surface area contributed by atoms with Crippen molar-refractivity contribution in [2.45, 2.75) is 18.4 Å². The minimum Gasteiger partial charge on any atom is -0.388 e. The molecule has 1 aliphatic heterocycles. The molecule has 1 saturated heterocycles. The maximum atomic E-state index is 11.8. The quantitative estimate of drug-likeness (QED) is 0.835. The number of amides is 1. The third-order valence-electron chi connectivity index (χ3n) is 3.42. The van der Waals surface area contributed by atoms with Gasteiger partial charge < -0.3 is 15.2 Å². The van der Waals surface area contributed by atoms with Crippen LogP contribution in [-0.4, -0.2) is 36.4 Å². The first-order chi connectivity index (χ1) is 10.0. The zero-order chi connectivity index (χ0) is 15.3. The van der Waals surface area contributed by atoms with Gasteiger partial charge in [0, 0.05) is 54.3 Å². The molecule has 1 amide bonds. The molecule has 4 nitrogen and oxygen atoms in total. The fourth-order valence-corrected chi connectivity index (χ4v) is 2.59. The fourth-order valence-electron chi connectivity index (χ4n) is 2.07. The van der Waals surface area contributed by atoms with Gasteiger partial charge in [0.1, 0.15) is 0 Å². The molecule has 0 aromatic heterocycles. The average Bonchev–Trinajstić information content (AvgIpc) is 2.45. The van der Waals surface area contributed by atoms with E-state index in [1.807, 2.05) is 0 Å². The molecule has 1 aliphatic rings. The molecule has 1 aromatic rings. The van der Waals surface area contributed by atoms with Crippen molar-refractivity contribution < 1.29 is 14.6 Å². The summed E-state index contributed by atoms with van der Waals surface area (Å²) >= 11 is 12.0. The molecular formula is C15H17Cl2NO3. The Morgan fingerprint density at radius 3 is 2.57 bits per heavy atom. The number of hydrogen-bond donors (Lipinski definition) is 2. The Morgan fingerprint density at radius 2 is 1.95 bits per heavy atom. The Kier molecular flexibility index (Phi) is 5.65. The molecule has 0 saturated carbocycles. The van der Waals surface area contributed by atoms with Gasteiger partial charge in [-0.2, -0.15) is 0 Å². The van der Waals surface area contributed by atoms with Gasteiger partial charge in [-0.3, -0.25) is 4.79 Å². The molecule has 0 unspecified atom stereocenters. The number of benzene rings is 1. The number of rotatable bonds is 4. The van der Waals surface area contributed by atoms with Crippen LogP contribution in [0.4, 0.5) is 0 Å². The topological polar surface area (TPSA) is 58.6 Å². The molecule has 0 radical (unpaired) electrons. The highest BCUT2D eigenvalue weighted by molar-refractivity contribution is 6.37. The number of aliphatic hydroxyl groups is 1. The monoisotopic (exact) mass is 329 g/mol. The van der Waals surface area contributed by atoms with Gasteiger partial charge in [0.05, 0.1) is 5.60 Å². The standard InChI is InChI=1S/C15H17Cl2NO3/c16-12-2-1-3-13(17)11(12)4-5-14(19)18-10-15(20)6-8-21-9-7-15/h1-5,20H,6-10H2,(H,18,19)/b5-4+. The van der Waals surface area contributed by atoms with Crippen LogP contribution in [0.15, 0.2) is 24.3 Å². The van der Waals surface area contributed by atoms with E-state index in [0.29, 0.717) is 41.7 Å². The molecular weight excluding hydrogens is 313 g/mol. The first-order valence-electron chi connectivity index (χ1n) is 6.70. The maximum absolute atomic E-state index is 11.8. The summed E-state index contributed by atoms with van der Waals surface area (Å²) in [4.78, 5) is 11.8. The summed E-state index contributed by atoms with van der Waals surface area (Å²) in [5, 5.41) is 13.9. The molecule has 1 fully saturated rings. The van der Waals surface area contributed by atoms with Crippen LogP contribution >= 0.6 is 23.2 Å². The van der Waals surface area contributed by atoms with Gasteiger partial charge in [0.15, 0.2) is 0 Å². The Morgan fingerprint density at radius 1 is 1.33 bits per heavy atom. The van der Waals surface area contributed by atoms with Gasteiger partial charge in [-0.05, 0) is 18.2 Å². The van der Waals surface area contributed by atoms with Crippen LogP contribution in [0.5, 0.6) is 0 Å². The number of carbonyl (C=O) groups excluding carboxylic acids is 1. The van der Waals surface area contributed by atoms with Crippen molar-refractivity contribution in [1.82, 2.24) is 5.32 Å². The summed E-state index contributed by atoms with van der Waals surface area (Å²) in [5.41, 5.74) is -0.287. The summed E-state index contributed by atoms with van der Waals surface area (Å²) in [5.74, 6) is -0.300. The molecule has 21 heavy (non-hydrogen) atoms. The van der Waals surface area contributed by atoms with E-state index in [0.717, 1.165) is 0 Å². The van der Waals surface area contributed by atoms with Crippen molar-refractivity contribution in [3.05, 3.63) is 39.9 Å². The van der Waals surface area contributed by atoms with Crippen LogP contribution in [0.3, 0.4) is 0 Å². The highest BCUT2D eigenvalue weighted by Crippen LogP contribution is 2.25. The molecule has 2 N–H and O–H groups in total. The van der Waals surface area contributed by atoms with Crippen LogP contribution in [0.2, 0.25) is 10.0 Å². The zero-order valence-electron chi connectivity index (χ0n) is 11.4. The highest BCUT2D eigenvalue weighted by Gasteiger charge is 2.29. The van der Waals surface area contributed by atoms with Crippen LogP contribution in [0.25, 0.3) is 6.08 Å². The lowest BCUT2D eigenvalue weighted by atomic mass is 9.94. The molecule has 0 spiro atoms. The van der Waals surface area contributed by atoms with Crippen molar-refractivity contribution in [1.29, 1.82) is 0 Å². The third kappa shape index (κ3) is 4.71. The van der Waals surface area contributed by atoms with E-state index in [9.17, 15) is 9.90 Å². The second kappa shape index (κ2) is 7.27.